The standard InChI is InChI=1S/C13H18N4O/c14-13-15-6-11-8-17(4-3-12(11)16-13)7-10-2-1-5-18-9-10/h6,9H,1-5,7-8H2,(H2,14,15,16). The van der Waals surface area contributed by atoms with Gasteiger partial charge < -0.3 is 10.5 Å². The summed E-state index contributed by atoms with van der Waals surface area (Å²) >= 11 is 0. The number of aromatic nitrogens is 2. The van der Waals surface area contributed by atoms with E-state index in [1.54, 1.807) is 0 Å². The predicted octanol–water partition coefficient (Wildman–Crippen LogP) is 1.11. The fourth-order valence-electron chi connectivity index (χ4n) is 2.55. The topological polar surface area (TPSA) is 64.3 Å². The number of anilines is 1. The molecule has 0 amide bonds. The molecule has 0 aliphatic carbocycles. The molecule has 0 spiro atoms. The van der Waals surface area contributed by atoms with Crippen molar-refractivity contribution in [2.75, 3.05) is 25.4 Å². The Bertz CT molecular complexity index is 472. The summed E-state index contributed by atoms with van der Waals surface area (Å²) in [5.41, 5.74) is 9.30. The van der Waals surface area contributed by atoms with Gasteiger partial charge in [0.2, 0.25) is 5.95 Å². The summed E-state index contributed by atoms with van der Waals surface area (Å²) in [6.07, 6.45) is 7.03. The molecule has 0 unspecified atom stereocenters. The van der Waals surface area contributed by atoms with Crippen LogP contribution in [0.4, 0.5) is 5.95 Å². The molecule has 2 N–H and O–H groups in total. The average molecular weight is 246 g/mol. The molecule has 1 aromatic rings. The molecule has 0 bridgehead atoms. The van der Waals surface area contributed by atoms with E-state index in [1.165, 1.54) is 11.1 Å². The number of nitrogen functional groups attached to an aromatic ring is 1. The number of hydrogen-bond acceptors (Lipinski definition) is 5. The maximum absolute atomic E-state index is 5.60. The van der Waals surface area contributed by atoms with Gasteiger partial charge in [-0.25, -0.2) is 9.97 Å². The zero-order valence-corrected chi connectivity index (χ0v) is 10.4. The summed E-state index contributed by atoms with van der Waals surface area (Å²) in [5, 5.41) is 0. The molecule has 0 radical (unpaired) electrons. The van der Waals surface area contributed by atoms with Crippen molar-refractivity contribution >= 4 is 5.95 Å². The Morgan fingerprint density at radius 3 is 3.17 bits per heavy atom. The van der Waals surface area contributed by atoms with Gasteiger partial charge in [0.1, 0.15) is 0 Å². The highest BCUT2D eigenvalue weighted by atomic mass is 16.5. The van der Waals surface area contributed by atoms with Gasteiger partial charge in [0.05, 0.1) is 18.6 Å². The minimum atomic E-state index is 0.380. The molecule has 2 aliphatic rings. The van der Waals surface area contributed by atoms with Crippen LogP contribution in [-0.2, 0) is 17.7 Å². The van der Waals surface area contributed by atoms with Gasteiger partial charge >= 0.3 is 0 Å². The first-order valence-electron chi connectivity index (χ1n) is 6.43. The molecule has 96 valence electrons. The number of ether oxygens (including phenoxy) is 1. The van der Waals surface area contributed by atoms with Crippen LogP contribution in [0.5, 0.6) is 0 Å². The molecule has 3 heterocycles. The van der Waals surface area contributed by atoms with Crippen LogP contribution in [0.2, 0.25) is 0 Å². The maximum atomic E-state index is 5.60. The van der Waals surface area contributed by atoms with E-state index in [0.29, 0.717) is 5.95 Å². The number of rotatable bonds is 2. The third kappa shape index (κ3) is 2.46. The van der Waals surface area contributed by atoms with Crippen molar-refractivity contribution in [1.82, 2.24) is 14.9 Å². The van der Waals surface area contributed by atoms with Crippen LogP contribution < -0.4 is 5.73 Å². The summed E-state index contributed by atoms with van der Waals surface area (Å²) in [6, 6.07) is 0. The van der Waals surface area contributed by atoms with Crippen LogP contribution in [0.15, 0.2) is 18.0 Å². The second-order valence-electron chi connectivity index (χ2n) is 4.91. The smallest absolute Gasteiger partial charge is 0.220 e. The number of hydrogen-bond donors (Lipinski definition) is 1. The lowest BCUT2D eigenvalue weighted by molar-refractivity contribution is 0.208. The van der Waals surface area contributed by atoms with E-state index in [0.717, 1.165) is 51.2 Å². The Kier molecular flexibility index (Phi) is 3.15. The Hall–Kier alpha value is -1.62. The molecule has 2 aliphatic heterocycles. The molecule has 0 atom stereocenters. The van der Waals surface area contributed by atoms with E-state index in [9.17, 15) is 0 Å². The number of nitrogens with zero attached hydrogens (tertiary/aromatic N) is 3. The Morgan fingerprint density at radius 1 is 1.39 bits per heavy atom. The highest BCUT2D eigenvalue weighted by Crippen LogP contribution is 2.20. The molecular formula is C13H18N4O. The van der Waals surface area contributed by atoms with Crippen LogP contribution in [-0.4, -0.2) is 34.6 Å². The van der Waals surface area contributed by atoms with E-state index in [-0.39, 0.29) is 0 Å². The van der Waals surface area contributed by atoms with Crippen molar-refractivity contribution in [2.45, 2.75) is 25.8 Å². The zero-order chi connectivity index (χ0) is 12.4. The van der Waals surface area contributed by atoms with E-state index in [1.807, 2.05) is 12.5 Å². The van der Waals surface area contributed by atoms with Gasteiger partial charge in [-0.05, 0) is 18.4 Å². The fraction of sp³-hybridized carbons (Fsp3) is 0.538. The van der Waals surface area contributed by atoms with Crippen molar-refractivity contribution in [3.8, 4) is 0 Å². The molecule has 3 rings (SSSR count). The normalized spacial score (nSPS) is 19.9. The lowest BCUT2D eigenvalue weighted by atomic mass is 10.0. The van der Waals surface area contributed by atoms with Gasteiger partial charge in [0.15, 0.2) is 0 Å². The summed E-state index contributed by atoms with van der Waals surface area (Å²) in [4.78, 5) is 10.8. The molecular weight excluding hydrogens is 228 g/mol. The van der Waals surface area contributed by atoms with E-state index in [2.05, 4.69) is 14.9 Å². The summed E-state index contributed by atoms with van der Waals surface area (Å²) in [5.74, 6) is 0.380. The van der Waals surface area contributed by atoms with Crippen molar-refractivity contribution in [3.05, 3.63) is 29.3 Å². The monoisotopic (exact) mass is 246 g/mol. The van der Waals surface area contributed by atoms with Crippen molar-refractivity contribution in [2.24, 2.45) is 0 Å². The zero-order valence-electron chi connectivity index (χ0n) is 10.4. The van der Waals surface area contributed by atoms with Crippen LogP contribution in [0.25, 0.3) is 0 Å². The minimum Gasteiger partial charge on any atom is -0.501 e. The quantitative estimate of drug-likeness (QED) is 0.847. The van der Waals surface area contributed by atoms with E-state index in [4.69, 9.17) is 10.5 Å². The van der Waals surface area contributed by atoms with Crippen LogP contribution in [0.1, 0.15) is 24.1 Å². The SMILES string of the molecule is Nc1ncc2c(n1)CCN(CC1=COCCC1)C2. The summed E-state index contributed by atoms with van der Waals surface area (Å²) in [6.45, 7) is 3.79. The van der Waals surface area contributed by atoms with Crippen molar-refractivity contribution in [1.29, 1.82) is 0 Å². The third-order valence-corrected chi connectivity index (χ3v) is 3.47. The number of fused-ring (bicyclic) bond motifs is 1. The second kappa shape index (κ2) is 4.94. The lowest BCUT2D eigenvalue weighted by Gasteiger charge is -2.29. The first-order valence-corrected chi connectivity index (χ1v) is 6.43. The van der Waals surface area contributed by atoms with Gasteiger partial charge in [0, 0.05) is 37.8 Å². The molecule has 5 heteroatoms. The van der Waals surface area contributed by atoms with Gasteiger partial charge in [0.25, 0.3) is 0 Å². The lowest BCUT2D eigenvalue weighted by Crippen LogP contribution is -2.33. The predicted molar refractivity (Wildman–Crippen MR) is 68.7 cm³/mol. The third-order valence-electron chi connectivity index (χ3n) is 3.47. The van der Waals surface area contributed by atoms with Gasteiger partial charge in [-0.1, -0.05) is 0 Å². The molecule has 1 aromatic heterocycles. The highest BCUT2D eigenvalue weighted by molar-refractivity contribution is 5.27. The van der Waals surface area contributed by atoms with Crippen molar-refractivity contribution < 1.29 is 4.74 Å². The first kappa shape index (κ1) is 11.5. The van der Waals surface area contributed by atoms with Crippen molar-refractivity contribution in [3.63, 3.8) is 0 Å². The first-order chi connectivity index (χ1) is 8.81. The number of nitrogens with two attached hydrogens (primary N) is 1. The average Bonchev–Trinajstić information content (AvgIpc) is 2.40. The molecule has 18 heavy (non-hydrogen) atoms. The second-order valence-corrected chi connectivity index (χ2v) is 4.91. The molecule has 5 nitrogen and oxygen atoms in total. The van der Waals surface area contributed by atoms with Gasteiger partial charge in [-0.3, -0.25) is 4.90 Å². The fourth-order valence-corrected chi connectivity index (χ4v) is 2.55. The van der Waals surface area contributed by atoms with Gasteiger partial charge in [-0.2, -0.15) is 0 Å². The molecule has 0 saturated carbocycles. The molecule has 0 fully saturated rings. The van der Waals surface area contributed by atoms with Gasteiger partial charge in [-0.15, -0.1) is 0 Å². The van der Waals surface area contributed by atoms with Crippen LogP contribution >= 0.6 is 0 Å². The molecule has 0 aromatic carbocycles. The summed E-state index contributed by atoms with van der Waals surface area (Å²) in [7, 11) is 0. The molecule has 0 saturated heterocycles. The Labute approximate surface area is 107 Å². The van der Waals surface area contributed by atoms with Crippen LogP contribution in [0.3, 0.4) is 0 Å². The van der Waals surface area contributed by atoms with E-state index >= 15 is 0 Å². The Morgan fingerprint density at radius 2 is 2.33 bits per heavy atom. The highest BCUT2D eigenvalue weighted by Gasteiger charge is 2.19. The van der Waals surface area contributed by atoms with E-state index < -0.39 is 0 Å². The summed E-state index contributed by atoms with van der Waals surface area (Å²) < 4.78 is 5.38. The Balaban J connectivity index is 1.67. The van der Waals surface area contributed by atoms with Crippen LogP contribution in [0, 0.1) is 0 Å². The minimum absolute atomic E-state index is 0.380. The largest absolute Gasteiger partial charge is 0.501 e. The maximum Gasteiger partial charge on any atom is 0.220 e.